The summed E-state index contributed by atoms with van der Waals surface area (Å²) < 4.78 is 13.0. The Labute approximate surface area is 118 Å². The maximum atomic E-state index is 13.0. The van der Waals surface area contributed by atoms with E-state index in [-0.39, 0.29) is 11.7 Å². The number of hydrogen-bond acceptors (Lipinski definition) is 1. The van der Waals surface area contributed by atoms with Crippen LogP contribution in [0.4, 0.5) is 10.1 Å². The summed E-state index contributed by atoms with van der Waals surface area (Å²) in [5.74, 6) is -0.544. The van der Waals surface area contributed by atoms with Crippen molar-refractivity contribution in [3.63, 3.8) is 0 Å². The molecule has 0 heterocycles. The molecule has 0 radical (unpaired) electrons. The van der Waals surface area contributed by atoms with Crippen molar-refractivity contribution >= 4 is 17.7 Å². The molecule has 2 rings (SSSR count). The molecule has 3 heteroatoms. The number of benzene rings is 2. The van der Waals surface area contributed by atoms with Crippen molar-refractivity contribution in [1.29, 1.82) is 0 Å². The molecule has 102 valence electrons. The summed E-state index contributed by atoms with van der Waals surface area (Å²) in [5.41, 5.74) is 3.42. The molecule has 0 saturated heterocycles. The second-order valence-electron chi connectivity index (χ2n) is 4.70. The van der Waals surface area contributed by atoms with E-state index in [1.54, 1.807) is 19.1 Å². The SMILES string of the molecule is Cc1cccc(/C=C/C(=O)Nc2ccc(F)cc2C)c1. The maximum absolute atomic E-state index is 13.0. The van der Waals surface area contributed by atoms with Gasteiger partial charge in [-0.15, -0.1) is 0 Å². The van der Waals surface area contributed by atoms with Gasteiger partial charge in [0.05, 0.1) is 0 Å². The number of nitrogens with one attached hydrogen (secondary N) is 1. The first-order chi connectivity index (χ1) is 9.54. The normalized spacial score (nSPS) is 10.8. The van der Waals surface area contributed by atoms with Gasteiger partial charge >= 0.3 is 0 Å². The summed E-state index contributed by atoms with van der Waals surface area (Å²) in [4.78, 5) is 11.8. The molecule has 0 aliphatic carbocycles. The Balaban J connectivity index is 2.05. The first-order valence-corrected chi connectivity index (χ1v) is 6.36. The van der Waals surface area contributed by atoms with Gasteiger partial charge in [0.1, 0.15) is 5.82 Å². The van der Waals surface area contributed by atoms with Gasteiger partial charge in [0.2, 0.25) is 5.91 Å². The highest BCUT2D eigenvalue weighted by Crippen LogP contribution is 2.15. The quantitative estimate of drug-likeness (QED) is 0.835. The van der Waals surface area contributed by atoms with Crippen LogP contribution in [0, 0.1) is 19.7 Å². The zero-order valence-corrected chi connectivity index (χ0v) is 11.5. The molecule has 0 atom stereocenters. The van der Waals surface area contributed by atoms with E-state index in [4.69, 9.17) is 0 Å². The van der Waals surface area contributed by atoms with Crippen LogP contribution in [0.3, 0.4) is 0 Å². The molecule has 0 aliphatic heterocycles. The summed E-state index contributed by atoms with van der Waals surface area (Å²) in [5, 5.41) is 2.73. The van der Waals surface area contributed by atoms with Crippen LogP contribution in [-0.4, -0.2) is 5.91 Å². The number of aryl methyl sites for hydroxylation is 2. The lowest BCUT2D eigenvalue weighted by atomic mass is 10.1. The van der Waals surface area contributed by atoms with Gasteiger partial charge in [0.15, 0.2) is 0 Å². The number of anilines is 1. The molecule has 0 aromatic heterocycles. The van der Waals surface area contributed by atoms with E-state index >= 15 is 0 Å². The van der Waals surface area contributed by atoms with E-state index in [0.717, 1.165) is 11.1 Å². The molecule has 2 nitrogen and oxygen atoms in total. The molecule has 0 fully saturated rings. The fourth-order valence-electron chi connectivity index (χ4n) is 1.89. The van der Waals surface area contributed by atoms with Crippen molar-refractivity contribution in [2.45, 2.75) is 13.8 Å². The molecule has 0 saturated carbocycles. The number of carbonyl (C=O) groups is 1. The average molecular weight is 269 g/mol. The fourth-order valence-corrected chi connectivity index (χ4v) is 1.89. The van der Waals surface area contributed by atoms with Gasteiger partial charge in [0.25, 0.3) is 0 Å². The Morgan fingerprint density at radius 2 is 1.95 bits per heavy atom. The Hall–Kier alpha value is -2.42. The number of hydrogen-bond donors (Lipinski definition) is 1. The highest BCUT2D eigenvalue weighted by atomic mass is 19.1. The highest BCUT2D eigenvalue weighted by Gasteiger charge is 2.02. The van der Waals surface area contributed by atoms with Crippen molar-refractivity contribution in [2.75, 3.05) is 5.32 Å². The minimum absolute atomic E-state index is 0.235. The zero-order chi connectivity index (χ0) is 14.5. The monoisotopic (exact) mass is 269 g/mol. The van der Waals surface area contributed by atoms with E-state index < -0.39 is 0 Å². The Bertz CT molecular complexity index is 662. The molecule has 0 aliphatic rings. The van der Waals surface area contributed by atoms with Crippen LogP contribution >= 0.6 is 0 Å². The minimum atomic E-state index is -0.309. The van der Waals surface area contributed by atoms with Crippen molar-refractivity contribution in [2.24, 2.45) is 0 Å². The Kier molecular flexibility index (Phi) is 4.31. The summed E-state index contributed by atoms with van der Waals surface area (Å²) in [7, 11) is 0. The summed E-state index contributed by atoms with van der Waals surface area (Å²) in [6, 6.07) is 12.1. The van der Waals surface area contributed by atoms with Crippen molar-refractivity contribution in [3.8, 4) is 0 Å². The van der Waals surface area contributed by atoms with Crippen LogP contribution in [0.2, 0.25) is 0 Å². The fraction of sp³-hybridized carbons (Fsp3) is 0.118. The standard InChI is InChI=1S/C17H16FNO/c1-12-4-3-5-14(10-12)6-9-17(20)19-16-8-7-15(18)11-13(16)2/h3-11H,1-2H3,(H,19,20)/b9-6+. The van der Waals surface area contributed by atoms with Crippen LogP contribution in [0.15, 0.2) is 48.5 Å². The number of halogens is 1. The zero-order valence-electron chi connectivity index (χ0n) is 11.5. The van der Waals surface area contributed by atoms with Gasteiger partial charge in [0, 0.05) is 11.8 Å². The lowest BCUT2D eigenvalue weighted by Crippen LogP contribution is -2.09. The average Bonchev–Trinajstić information content (AvgIpc) is 2.40. The van der Waals surface area contributed by atoms with Gasteiger partial charge in [-0.2, -0.15) is 0 Å². The number of amides is 1. The molecule has 0 bridgehead atoms. The largest absolute Gasteiger partial charge is 0.322 e. The van der Waals surface area contributed by atoms with E-state index in [2.05, 4.69) is 5.32 Å². The number of carbonyl (C=O) groups excluding carboxylic acids is 1. The third-order valence-corrected chi connectivity index (χ3v) is 2.92. The lowest BCUT2D eigenvalue weighted by Gasteiger charge is -2.06. The van der Waals surface area contributed by atoms with E-state index in [9.17, 15) is 9.18 Å². The van der Waals surface area contributed by atoms with E-state index in [1.807, 2.05) is 31.2 Å². The van der Waals surface area contributed by atoms with Crippen molar-refractivity contribution in [1.82, 2.24) is 0 Å². The third kappa shape index (κ3) is 3.79. The molecule has 2 aromatic rings. The highest BCUT2D eigenvalue weighted by molar-refractivity contribution is 6.02. The molecular weight excluding hydrogens is 253 g/mol. The van der Waals surface area contributed by atoms with E-state index in [1.165, 1.54) is 18.2 Å². The van der Waals surface area contributed by atoms with Crippen LogP contribution < -0.4 is 5.32 Å². The predicted molar refractivity (Wildman–Crippen MR) is 80.0 cm³/mol. The van der Waals surface area contributed by atoms with Gasteiger partial charge in [-0.25, -0.2) is 4.39 Å². The van der Waals surface area contributed by atoms with Gasteiger partial charge < -0.3 is 5.32 Å². The molecule has 20 heavy (non-hydrogen) atoms. The topological polar surface area (TPSA) is 29.1 Å². The van der Waals surface area contributed by atoms with Gasteiger partial charge in [-0.1, -0.05) is 29.8 Å². The van der Waals surface area contributed by atoms with E-state index in [0.29, 0.717) is 11.3 Å². The van der Waals surface area contributed by atoms with Crippen LogP contribution in [0.1, 0.15) is 16.7 Å². The van der Waals surface area contributed by atoms with Crippen LogP contribution in [0.25, 0.3) is 6.08 Å². The predicted octanol–water partition coefficient (Wildman–Crippen LogP) is 4.09. The Morgan fingerprint density at radius 1 is 1.15 bits per heavy atom. The molecule has 0 spiro atoms. The second-order valence-corrected chi connectivity index (χ2v) is 4.70. The van der Waals surface area contributed by atoms with Crippen LogP contribution in [-0.2, 0) is 4.79 Å². The van der Waals surface area contributed by atoms with Crippen molar-refractivity contribution < 1.29 is 9.18 Å². The number of rotatable bonds is 3. The molecule has 1 N–H and O–H groups in total. The first-order valence-electron chi connectivity index (χ1n) is 6.36. The molecular formula is C17H16FNO. The summed E-state index contributed by atoms with van der Waals surface area (Å²) in [6.45, 7) is 3.75. The maximum Gasteiger partial charge on any atom is 0.248 e. The van der Waals surface area contributed by atoms with Crippen molar-refractivity contribution in [3.05, 3.63) is 71.0 Å². The molecule has 0 unspecified atom stereocenters. The lowest BCUT2D eigenvalue weighted by molar-refractivity contribution is -0.111. The third-order valence-electron chi connectivity index (χ3n) is 2.92. The second kappa shape index (κ2) is 6.15. The molecule has 1 amide bonds. The smallest absolute Gasteiger partial charge is 0.248 e. The first kappa shape index (κ1) is 14.0. The van der Waals surface area contributed by atoms with Crippen LogP contribution in [0.5, 0.6) is 0 Å². The van der Waals surface area contributed by atoms with Gasteiger partial charge in [-0.3, -0.25) is 4.79 Å². The summed E-state index contributed by atoms with van der Waals surface area (Å²) >= 11 is 0. The molecule has 2 aromatic carbocycles. The van der Waals surface area contributed by atoms with Gasteiger partial charge in [-0.05, 0) is 49.2 Å². The summed E-state index contributed by atoms with van der Waals surface area (Å²) in [6.07, 6.45) is 3.22. The minimum Gasteiger partial charge on any atom is -0.322 e. The Morgan fingerprint density at radius 3 is 2.65 bits per heavy atom.